The lowest BCUT2D eigenvalue weighted by atomic mass is 10.0. The lowest BCUT2D eigenvalue weighted by molar-refractivity contribution is -0.137. The molecule has 2 fully saturated rings. The van der Waals surface area contributed by atoms with E-state index in [0.29, 0.717) is 57.8 Å². The number of aromatic nitrogens is 3. The molecule has 2 saturated heterocycles. The van der Waals surface area contributed by atoms with Gasteiger partial charge in [-0.1, -0.05) is 30.3 Å². The average molecular weight is 486 g/mol. The second kappa shape index (κ2) is 9.67. The fourth-order valence-corrected chi connectivity index (χ4v) is 4.35. The molecule has 4 heterocycles. The first-order valence-corrected chi connectivity index (χ1v) is 11.3. The molecule has 0 aliphatic carbocycles. The summed E-state index contributed by atoms with van der Waals surface area (Å²) in [5.41, 5.74) is 5.73. The van der Waals surface area contributed by atoms with Gasteiger partial charge in [0, 0.05) is 37.5 Å². The van der Waals surface area contributed by atoms with Crippen LogP contribution in [0, 0.1) is 0 Å². The van der Waals surface area contributed by atoms with Gasteiger partial charge in [0.15, 0.2) is 0 Å². The van der Waals surface area contributed by atoms with E-state index in [2.05, 4.69) is 14.9 Å². The molecule has 184 valence electrons. The van der Waals surface area contributed by atoms with E-state index in [1.165, 1.54) is 0 Å². The van der Waals surface area contributed by atoms with E-state index in [4.69, 9.17) is 20.2 Å². The number of halogens is 3. The fraction of sp³-hybridized carbons (Fsp3) is 0.375. The number of alkyl halides is 3. The predicted molar refractivity (Wildman–Crippen MR) is 125 cm³/mol. The van der Waals surface area contributed by atoms with Crippen LogP contribution >= 0.6 is 0 Å². The first-order chi connectivity index (χ1) is 16.9. The summed E-state index contributed by atoms with van der Waals surface area (Å²) in [7, 11) is 0. The molecule has 2 aliphatic rings. The highest BCUT2D eigenvalue weighted by molar-refractivity contribution is 5.69. The Morgan fingerprint density at radius 1 is 0.943 bits per heavy atom. The second-order valence-electron chi connectivity index (χ2n) is 8.36. The quantitative estimate of drug-likeness (QED) is 0.599. The fourth-order valence-electron chi connectivity index (χ4n) is 4.35. The summed E-state index contributed by atoms with van der Waals surface area (Å²) in [5.74, 6) is 0.670. The standard InChI is InChI=1S/C24H25F3N6O2/c25-24(26,27)18-12-21(28)29-14-17(18)19-13-22(31-23(30-19)32-6-9-34-10-7-32)33-8-11-35-15-20(33)16-4-2-1-3-5-16/h1-5,12-14,20H,6-11,15H2,(H2,28,29). The SMILES string of the molecule is Nc1cc(C(F)(F)F)c(-c2cc(N3CCOCC3c3ccccc3)nc(N3CCOCC3)n2)cn1. The van der Waals surface area contributed by atoms with Gasteiger partial charge in [-0.3, -0.25) is 0 Å². The van der Waals surface area contributed by atoms with Crippen molar-refractivity contribution in [3.05, 3.63) is 59.8 Å². The molecule has 2 aliphatic heterocycles. The molecule has 0 radical (unpaired) electrons. The van der Waals surface area contributed by atoms with Crippen LogP contribution in [0.3, 0.4) is 0 Å². The summed E-state index contributed by atoms with van der Waals surface area (Å²) in [6.45, 7) is 3.51. The van der Waals surface area contributed by atoms with E-state index in [9.17, 15) is 13.2 Å². The number of hydrogen-bond donors (Lipinski definition) is 1. The molecule has 8 nitrogen and oxygen atoms in total. The van der Waals surface area contributed by atoms with Gasteiger partial charge in [0.05, 0.1) is 43.7 Å². The van der Waals surface area contributed by atoms with Gasteiger partial charge in [-0.2, -0.15) is 18.2 Å². The predicted octanol–water partition coefficient (Wildman–Crippen LogP) is 3.55. The number of benzene rings is 1. The smallest absolute Gasteiger partial charge is 0.384 e. The highest BCUT2D eigenvalue weighted by Gasteiger charge is 2.35. The molecule has 1 aromatic carbocycles. The number of morpholine rings is 2. The Morgan fingerprint density at radius 2 is 1.69 bits per heavy atom. The van der Waals surface area contributed by atoms with Crippen molar-refractivity contribution >= 4 is 17.6 Å². The Morgan fingerprint density at radius 3 is 2.43 bits per heavy atom. The molecule has 0 spiro atoms. The minimum Gasteiger partial charge on any atom is -0.384 e. The molecule has 0 bridgehead atoms. The van der Waals surface area contributed by atoms with Crippen molar-refractivity contribution in [3.63, 3.8) is 0 Å². The Balaban J connectivity index is 1.64. The van der Waals surface area contributed by atoms with Crippen molar-refractivity contribution < 1.29 is 22.6 Å². The molecule has 3 aromatic rings. The topological polar surface area (TPSA) is 89.6 Å². The van der Waals surface area contributed by atoms with Crippen LogP contribution in [0.15, 0.2) is 48.7 Å². The highest BCUT2D eigenvalue weighted by atomic mass is 19.4. The van der Waals surface area contributed by atoms with Crippen LogP contribution in [-0.4, -0.2) is 61.0 Å². The lowest BCUT2D eigenvalue weighted by Crippen LogP contribution is -2.41. The Kier molecular flexibility index (Phi) is 6.44. The molecule has 11 heteroatoms. The summed E-state index contributed by atoms with van der Waals surface area (Å²) >= 11 is 0. The van der Waals surface area contributed by atoms with Crippen molar-refractivity contribution in [2.24, 2.45) is 0 Å². The Hall–Kier alpha value is -3.44. The van der Waals surface area contributed by atoms with Gasteiger partial charge in [0.2, 0.25) is 5.95 Å². The van der Waals surface area contributed by atoms with Crippen LogP contribution in [-0.2, 0) is 15.7 Å². The number of nitrogens with two attached hydrogens (primary N) is 1. The first kappa shape index (κ1) is 23.3. The summed E-state index contributed by atoms with van der Waals surface area (Å²) in [6, 6.07) is 12.1. The summed E-state index contributed by atoms with van der Waals surface area (Å²) in [6.07, 6.45) is -3.50. The van der Waals surface area contributed by atoms with Gasteiger partial charge in [-0.05, 0) is 11.6 Å². The zero-order valence-electron chi connectivity index (χ0n) is 18.9. The highest BCUT2D eigenvalue weighted by Crippen LogP contribution is 2.39. The van der Waals surface area contributed by atoms with E-state index in [-0.39, 0.29) is 23.1 Å². The number of nitrogen functional groups attached to an aromatic ring is 1. The molecule has 35 heavy (non-hydrogen) atoms. The van der Waals surface area contributed by atoms with Crippen LogP contribution in [0.1, 0.15) is 17.2 Å². The minimum absolute atomic E-state index is 0.134. The van der Waals surface area contributed by atoms with Crippen LogP contribution in [0.25, 0.3) is 11.3 Å². The lowest BCUT2D eigenvalue weighted by Gasteiger charge is -2.37. The van der Waals surface area contributed by atoms with Crippen LogP contribution in [0.4, 0.5) is 30.8 Å². The molecule has 0 amide bonds. The van der Waals surface area contributed by atoms with Gasteiger partial charge >= 0.3 is 6.18 Å². The van der Waals surface area contributed by atoms with Gasteiger partial charge in [-0.25, -0.2) is 9.97 Å². The number of rotatable bonds is 4. The maximum absolute atomic E-state index is 13.9. The first-order valence-electron chi connectivity index (χ1n) is 11.3. The Bertz CT molecular complexity index is 1170. The molecule has 5 rings (SSSR count). The van der Waals surface area contributed by atoms with E-state index in [0.717, 1.165) is 17.8 Å². The molecular weight excluding hydrogens is 461 g/mol. The van der Waals surface area contributed by atoms with E-state index >= 15 is 0 Å². The summed E-state index contributed by atoms with van der Waals surface area (Å²) < 4.78 is 53.0. The number of anilines is 3. The number of hydrogen-bond acceptors (Lipinski definition) is 8. The van der Waals surface area contributed by atoms with Gasteiger partial charge in [0.1, 0.15) is 11.6 Å². The van der Waals surface area contributed by atoms with E-state index in [1.807, 2.05) is 35.2 Å². The van der Waals surface area contributed by atoms with Gasteiger partial charge in [0.25, 0.3) is 0 Å². The Labute approximate surface area is 200 Å². The van der Waals surface area contributed by atoms with Crippen LogP contribution in [0.5, 0.6) is 0 Å². The largest absolute Gasteiger partial charge is 0.417 e. The summed E-state index contributed by atoms with van der Waals surface area (Å²) in [4.78, 5) is 17.3. The molecule has 0 saturated carbocycles. The molecular formula is C24H25F3N6O2. The third-order valence-corrected chi connectivity index (χ3v) is 6.11. The van der Waals surface area contributed by atoms with E-state index < -0.39 is 11.7 Å². The number of nitrogens with zero attached hydrogens (tertiary/aromatic N) is 5. The zero-order valence-corrected chi connectivity index (χ0v) is 18.9. The number of ether oxygens (including phenoxy) is 2. The molecule has 1 unspecified atom stereocenters. The van der Waals surface area contributed by atoms with Crippen molar-refractivity contribution in [2.45, 2.75) is 12.2 Å². The minimum atomic E-state index is -4.62. The third kappa shape index (κ3) is 5.01. The van der Waals surface area contributed by atoms with Crippen molar-refractivity contribution in [1.82, 2.24) is 15.0 Å². The van der Waals surface area contributed by atoms with Crippen LogP contribution < -0.4 is 15.5 Å². The summed E-state index contributed by atoms with van der Waals surface area (Å²) in [5, 5.41) is 0. The van der Waals surface area contributed by atoms with Gasteiger partial charge in [-0.15, -0.1) is 0 Å². The van der Waals surface area contributed by atoms with Crippen molar-refractivity contribution in [3.8, 4) is 11.3 Å². The van der Waals surface area contributed by atoms with Crippen molar-refractivity contribution in [2.75, 3.05) is 61.6 Å². The van der Waals surface area contributed by atoms with Crippen molar-refractivity contribution in [1.29, 1.82) is 0 Å². The molecule has 2 N–H and O–H groups in total. The zero-order chi connectivity index (χ0) is 24.4. The van der Waals surface area contributed by atoms with E-state index in [1.54, 1.807) is 6.07 Å². The normalized spacial score (nSPS) is 19.1. The second-order valence-corrected chi connectivity index (χ2v) is 8.36. The van der Waals surface area contributed by atoms with Crippen LogP contribution in [0.2, 0.25) is 0 Å². The average Bonchev–Trinajstić information content (AvgIpc) is 2.89. The monoisotopic (exact) mass is 486 g/mol. The van der Waals surface area contributed by atoms with Gasteiger partial charge < -0.3 is 25.0 Å². The molecule has 1 atom stereocenters. The maximum atomic E-state index is 13.9. The maximum Gasteiger partial charge on any atom is 0.417 e. The third-order valence-electron chi connectivity index (χ3n) is 6.11. The number of pyridine rings is 1. The molecule has 2 aromatic heterocycles.